The van der Waals surface area contributed by atoms with Crippen LogP contribution in [-0.4, -0.2) is 38.7 Å². The number of hydrogen-bond acceptors (Lipinski definition) is 6. The Hall–Kier alpha value is -1.85. The maximum atomic E-state index is 13.0. The van der Waals surface area contributed by atoms with Crippen molar-refractivity contribution in [3.63, 3.8) is 0 Å². The first-order valence-corrected chi connectivity index (χ1v) is 12.4. The van der Waals surface area contributed by atoms with Gasteiger partial charge in [-0.1, -0.05) is 6.07 Å². The first kappa shape index (κ1) is 21.4. The van der Waals surface area contributed by atoms with Gasteiger partial charge in [-0.3, -0.25) is 0 Å². The summed E-state index contributed by atoms with van der Waals surface area (Å²) < 4.78 is 16.9. The predicted octanol–water partition coefficient (Wildman–Crippen LogP) is 2.30. The van der Waals surface area contributed by atoms with Crippen LogP contribution in [0, 0.1) is 0 Å². The van der Waals surface area contributed by atoms with Gasteiger partial charge in [-0.15, -0.1) is 15.7 Å². The number of nitrogens with two attached hydrogens (primary N) is 1. The molecule has 2 aliphatic carbocycles. The monoisotopic (exact) mass is 450 g/mol. The number of nitrogens with zero attached hydrogens (tertiary/aromatic N) is 2. The molecule has 2 amide bonds. The molecule has 5 N–H and O–H groups in total. The third kappa shape index (κ3) is 3.78. The molecule has 0 aliphatic heterocycles. The van der Waals surface area contributed by atoms with Gasteiger partial charge in [0.1, 0.15) is 9.22 Å². The molecule has 0 saturated carbocycles. The molecule has 2 aliphatic rings. The molecule has 1 aromatic carbocycles. The van der Waals surface area contributed by atoms with Gasteiger partial charge in [0.2, 0.25) is 0 Å². The zero-order chi connectivity index (χ0) is 21.5. The number of carbonyl (C=O) groups is 1. The Morgan fingerprint density at radius 3 is 2.40 bits per heavy atom. The fourth-order valence-corrected chi connectivity index (χ4v) is 6.31. The van der Waals surface area contributed by atoms with Crippen molar-refractivity contribution in [2.75, 3.05) is 18.5 Å². The molecule has 1 atom stereocenters. The molecule has 0 bridgehead atoms. The van der Waals surface area contributed by atoms with E-state index in [0.29, 0.717) is 5.01 Å². The van der Waals surface area contributed by atoms with Gasteiger partial charge in [-0.05, 0) is 67.7 Å². The van der Waals surface area contributed by atoms with Crippen molar-refractivity contribution in [2.24, 2.45) is 9.50 Å². The number of rotatable bonds is 5. The molecule has 1 heterocycles. The SMILES string of the molecule is CC(CO)(CO)c1ncc(S(N)(=O)=NC(=O)Nc2c3c(cc4c2CCC4)CCC3)s1. The van der Waals surface area contributed by atoms with Gasteiger partial charge < -0.3 is 15.5 Å². The van der Waals surface area contributed by atoms with E-state index in [9.17, 15) is 19.2 Å². The number of nitrogens with one attached hydrogen (secondary N) is 1. The minimum atomic E-state index is -3.51. The first-order chi connectivity index (χ1) is 14.3. The maximum Gasteiger partial charge on any atom is 0.354 e. The number of aliphatic hydroxyl groups is 2. The van der Waals surface area contributed by atoms with Gasteiger partial charge in [0.15, 0.2) is 9.92 Å². The van der Waals surface area contributed by atoms with Crippen LogP contribution >= 0.6 is 11.3 Å². The lowest BCUT2D eigenvalue weighted by Gasteiger charge is -2.21. The largest absolute Gasteiger partial charge is 0.395 e. The van der Waals surface area contributed by atoms with Crippen molar-refractivity contribution in [3.05, 3.63) is 39.5 Å². The smallest absolute Gasteiger partial charge is 0.354 e. The van der Waals surface area contributed by atoms with E-state index in [1.54, 1.807) is 6.92 Å². The third-order valence-electron chi connectivity index (χ3n) is 5.91. The number of aliphatic hydroxyl groups excluding tert-OH is 2. The second-order valence-electron chi connectivity index (χ2n) is 8.19. The summed E-state index contributed by atoms with van der Waals surface area (Å²) in [5.74, 6) is 0. The lowest BCUT2D eigenvalue weighted by molar-refractivity contribution is 0.129. The Morgan fingerprint density at radius 2 is 1.83 bits per heavy atom. The van der Waals surface area contributed by atoms with Crippen LogP contribution < -0.4 is 10.5 Å². The van der Waals surface area contributed by atoms with E-state index in [1.165, 1.54) is 17.3 Å². The van der Waals surface area contributed by atoms with E-state index in [1.807, 2.05) is 0 Å². The Morgan fingerprint density at radius 1 is 1.23 bits per heavy atom. The number of anilines is 1. The Kier molecular flexibility index (Phi) is 5.71. The summed E-state index contributed by atoms with van der Waals surface area (Å²) in [6.07, 6.45) is 7.25. The Labute approximate surface area is 179 Å². The summed E-state index contributed by atoms with van der Waals surface area (Å²) in [5.41, 5.74) is 4.71. The average Bonchev–Trinajstić information content (AvgIpc) is 3.46. The molecule has 2 aromatic rings. The van der Waals surface area contributed by atoms with E-state index in [4.69, 9.17) is 5.14 Å². The first-order valence-electron chi connectivity index (χ1n) is 9.98. The number of aryl methyl sites for hydroxylation is 2. The minimum Gasteiger partial charge on any atom is -0.395 e. The summed E-state index contributed by atoms with van der Waals surface area (Å²) in [5, 5.41) is 28.2. The highest BCUT2D eigenvalue weighted by Crippen LogP contribution is 2.38. The molecule has 1 unspecified atom stereocenters. The zero-order valence-electron chi connectivity index (χ0n) is 16.8. The van der Waals surface area contributed by atoms with Crippen LogP contribution in [0.2, 0.25) is 0 Å². The van der Waals surface area contributed by atoms with Crippen molar-refractivity contribution in [2.45, 2.75) is 55.1 Å². The quantitative estimate of drug-likeness (QED) is 0.554. The fraction of sp³-hybridized carbons (Fsp3) is 0.500. The summed E-state index contributed by atoms with van der Waals surface area (Å²) in [6, 6.07) is 1.53. The molecule has 0 spiro atoms. The molecule has 8 nitrogen and oxygen atoms in total. The van der Waals surface area contributed by atoms with Crippen LogP contribution in [0.25, 0.3) is 0 Å². The van der Waals surface area contributed by atoms with Gasteiger partial charge in [0.25, 0.3) is 0 Å². The highest BCUT2D eigenvalue weighted by molar-refractivity contribution is 7.93. The second kappa shape index (κ2) is 8.01. The van der Waals surface area contributed by atoms with E-state index in [-0.39, 0.29) is 17.4 Å². The Balaban J connectivity index is 1.63. The fourth-order valence-electron chi connectivity index (χ4n) is 4.12. The van der Waals surface area contributed by atoms with Crippen molar-refractivity contribution in [1.82, 2.24) is 4.98 Å². The van der Waals surface area contributed by atoms with Crippen molar-refractivity contribution >= 4 is 33.0 Å². The molecule has 0 fully saturated rings. The molecule has 30 heavy (non-hydrogen) atoms. The van der Waals surface area contributed by atoms with Gasteiger partial charge >= 0.3 is 6.03 Å². The lowest BCUT2D eigenvalue weighted by Crippen LogP contribution is -2.30. The van der Waals surface area contributed by atoms with Gasteiger partial charge in [-0.2, -0.15) is 0 Å². The predicted molar refractivity (Wildman–Crippen MR) is 116 cm³/mol. The number of amides is 2. The number of carbonyl (C=O) groups excluding carboxylic acids is 1. The highest BCUT2D eigenvalue weighted by atomic mass is 32.2. The Bertz CT molecular complexity index is 1080. The zero-order valence-corrected chi connectivity index (χ0v) is 18.4. The van der Waals surface area contributed by atoms with Crippen molar-refractivity contribution < 1.29 is 19.2 Å². The van der Waals surface area contributed by atoms with Gasteiger partial charge in [0.05, 0.1) is 24.8 Å². The lowest BCUT2D eigenvalue weighted by atomic mass is 9.94. The molecular formula is C20H26N4O4S2. The molecule has 4 rings (SSSR count). The highest BCUT2D eigenvalue weighted by Gasteiger charge is 2.30. The van der Waals surface area contributed by atoms with Crippen LogP contribution in [0.3, 0.4) is 0 Å². The number of hydrogen-bond donors (Lipinski definition) is 4. The molecule has 10 heteroatoms. The van der Waals surface area contributed by atoms with Crippen LogP contribution in [0.15, 0.2) is 20.8 Å². The molecular weight excluding hydrogens is 424 g/mol. The number of benzene rings is 1. The normalized spacial score (nSPS) is 17.3. The molecule has 1 aromatic heterocycles. The van der Waals surface area contributed by atoms with E-state index < -0.39 is 21.4 Å². The molecule has 0 saturated heterocycles. The summed E-state index contributed by atoms with van der Waals surface area (Å²) in [6.45, 7) is 0.975. The molecule has 162 valence electrons. The van der Waals surface area contributed by atoms with E-state index in [0.717, 1.165) is 66.7 Å². The van der Waals surface area contributed by atoms with Crippen LogP contribution in [0.4, 0.5) is 10.5 Å². The number of fused-ring (bicyclic) bond motifs is 2. The standard InChI is InChI=1S/C20H26N4O4S2/c1-20(10-25,11-26)18-22-9-16(29-18)30(21,28)24-19(27)23-17-14-6-2-4-12(14)8-13-5-3-7-15(13)17/h8-9,25-26H,2-7,10-11H2,1H3,(H3,21,23,24,27,28). The van der Waals surface area contributed by atoms with Crippen molar-refractivity contribution in [3.8, 4) is 0 Å². The average molecular weight is 451 g/mol. The van der Waals surface area contributed by atoms with Crippen LogP contribution in [0.1, 0.15) is 47.0 Å². The second-order valence-corrected chi connectivity index (χ2v) is 11.2. The van der Waals surface area contributed by atoms with Crippen LogP contribution in [0.5, 0.6) is 0 Å². The molecule has 0 radical (unpaired) electrons. The van der Waals surface area contributed by atoms with Crippen molar-refractivity contribution in [1.29, 1.82) is 0 Å². The summed E-state index contributed by atoms with van der Waals surface area (Å²) >= 11 is 0.979. The maximum absolute atomic E-state index is 13.0. The number of aromatic nitrogens is 1. The summed E-state index contributed by atoms with van der Waals surface area (Å²) in [7, 11) is -3.51. The number of urea groups is 1. The topological polar surface area (TPSA) is 138 Å². The number of thiazole rings is 1. The van der Waals surface area contributed by atoms with Gasteiger partial charge in [-0.25, -0.2) is 19.1 Å². The van der Waals surface area contributed by atoms with Gasteiger partial charge in [0, 0.05) is 5.69 Å². The summed E-state index contributed by atoms with van der Waals surface area (Å²) in [4.78, 5) is 16.8. The third-order valence-corrected chi connectivity index (χ3v) is 9.09. The van der Waals surface area contributed by atoms with E-state index >= 15 is 0 Å². The van der Waals surface area contributed by atoms with E-state index in [2.05, 4.69) is 20.7 Å². The minimum absolute atomic E-state index is 0.129. The van der Waals surface area contributed by atoms with Crippen LogP contribution in [-0.2, 0) is 41.0 Å².